The molecule has 1 aromatic heterocycles. The fourth-order valence-corrected chi connectivity index (χ4v) is 1.08. The summed E-state index contributed by atoms with van der Waals surface area (Å²) in [5, 5.41) is 9.04. The Morgan fingerprint density at radius 2 is 1.92 bits per heavy atom. The maximum absolute atomic E-state index is 9.04. The van der Waals surface area contributed by atoms with Crippen molar-refractivity contribution in [1.29, 1.82) is 0 Å². The highest BCUT2D eigenvalue weighted by Crippen LogP contribution is 2.08. The Morgan fingerprint density at radius 3 is 2.50 bits per heavy atom. The van der Waals surface area contributed by atoms with Crippen molar-refractivity contribution >= 4 is 0 Å². The lowest BCUT2D eigenvalue weighted by molar-refractivity contribution is -0.594. The molecule has 0 unspecified atom stereocenters. The van der Waals surface area contributed by atoms with E-state index >= 15 is 0 Å². The zero-order valence-electron chi connectivity index (χ0n) is 6.44. The molecule has 0 saturated carbocycles. The van der Waals surface area contributed by atoms with E-state index in [1.807, 2.05) is 35.4 Å². The Labute approximate surface area is 69.9 Å². The normalized spacial score (nSPS) is 10.0. The van der Waals surface area contributed by atoms with Gasteiger partial charge >= 0.3 is 0 Å². The molecule has 2 rings (SSSR count). The van der Waals surface area contributed by atoms with E-state index in [-0.39, 0.29) is 5.75 Å². The van der Waals surface area contributed by atoms with Crippen molar-refractivity contribution in [1.82, 2.24) is 4.98 Å². The highest BCUT2D eigenvalue weighted by Gasteiger charge is 1.99. The largest absolute Gasteiger partial charge is 0.508 e. The van der Waals surface area contributed by atoms with Gasteiger partial charge in [-0.25, -0.2) is 9.55 Å². The molecule has 0 aliphatic rings. The molecule has 0 amide bonds. The van der Waals surface area contributed by atoms with Gasteiger partial charge in [0.1, 0.15) is 23.8 Å². The molecule has 0 aliphatic heterocycles. The van der Waals surface area contributed by atoms with E-state index in [0.29, 0.717) is 0 Å². The standard InChI is InChI=1S/C9H8N2O/c12-9-3-1-8(2-4-9)11-6-5-10-7-11/h1-7,12H/p+1. The summed E-state index contributed by atoms with van der Waals surface area (Å²) in [4.78, 5) is 2.94. The number of hydrogen-bond acceptors (Lipinski definition) is 1. The topological polar surface area (TPSA) is 39.9 Å². The molecule has 0 fully saturated rings. The maximum Gasteiger partial charge on any atom is 0.246 e. The first-order valence-corrected chi connectivity index (χ1v) is 3.70. The second-order valence-corrected chi connectivity index (χ2v) is 2.54. The van der Waals surface area contributed by atoms with E-state index in [1.54, 1.807) is 12.1 Å². The summed E-state index contributed by atoms with van der Waals surface area (Å²) < 4.78 is 1.93. The molecule has 0 aliphatic carbocycles. The van der Waals surface area contributed by atoms with Crippen molar-refractivity contribution in [3.63, 3.8) is 0 Å². The number of aromatic amines is 1. The van der Waals surface area contributed by atoms with Crippen LogP contribution in [0.2, 0.25) is 0 Å². The van der Waals surface area contributed by atoms with Crippen LogP contribution in [0.4, 0.5) is 0 Å². The molecular formula is C9H9N2O+. The van der Waals surface area contributed by atoms with Crippen LogP contribution >= 0.6 is 0 Å². The highest BCUT2D eigenvalue weighted by atomic mass is 16.3. The number of rotatable bonds is 1. The van der Waals surface area contributed by atoms with Gasteiger partial charge in [-0.3, -0.25) is 0 Å². The summed E-state index contributed by atoms with van der Waals surface area (Å²) in [7, 11) is 0. The molecule has 0 atom stereocenters. The first-order valence-electron chi connectivity index (χ1n) is 3.70. The second kappa shape index (κ2) is 2.70. The van der Waals surface area contributed by atoms with Crippen LogP contribution in [0.1, 0.15) is 0 Å². The summed E-state index contributed by atoms with van der Waals surface area (Å²) in [6.45, 7) is 0. The molecule has 1 aromatic carbocycles. The van der Waals surface area contributed by atoms with E-state index in [2.05, 4.69) is 4.98 Å². The van der Waals surface area contributed by atoms with Crippen molar-refractivity contribution in [3.05, 3.63) is 43.0 Å². The number of phenols is 1. The lowest BCUT2D eigenvalue weighted by atomic mass is 10.3. The van der Waals surface area contributed by atoms with Crippen molar-refractivity contribution in [3.8, 4) is 11.4 Å². The Bertz CT molecular complexity index is 351. The minimum Gasteiger partial charge on any atom is -0.508 e. The van der Waals surface area contributed by atoms with Crippen LogP contribution in [0.25, 0.3) is 5.69 Å². The molecule has 1 heterocycles. The number of hydrogen-bond donors (Lipinski definition) is 2. The van der Waals surface area contributed by atoms with Crippen LogP contribution in [-0.2, 0) is 0 Å². The molecular weight excluding hydrogens is 152 g/mol. The van der Waals surface area contributed by atoms with Crippen LogP contribution in [0.3, 0.4) is 0 Å². The molecule has 3 heteroatoms. The Kier molecular flexibility index (Phi) is 1.55. The third-order valence-corrected chi connectivity index (χ3v) is 1.69. The van der Waals surface area contributed by atoms with Gasteiger partial charge in [-0.1, -0.05) is 0 Å². The SMILES string of the molecule is Oc1ccc(-[n+]2cc[nH]c2)cc1. The van der Waals surface area contributed by atoms with E-state index in [0.717, 1.165) is 5.69 Å². The van der Waals surface area contributed by atoms with Gasteiger partial charge < -0.3 is 5.11 Å². The number of nitrogens with zero attached hydrogens (tertiary/aromatic N) is 1. The van der Waals surface area contributed by atoms with Crippen molar-refractivity contribution in [2.24, 2.45) is 0 Å². The molecule has 2 N–H and O–H groups in total. The van der Waals surface area contributed by atoms with Crippen LogP contribution in [0.5, 0.6) is 5.75 Å². The second-order valence-electron chi connectivity index (χ2n) is 2.54. The Morgan fingerprint density at radius 1 is 1.17 bits per heavy atom. The van der Waals surface area contributed by atoms with Crippen LogP contribution < -0.4 is 4.57 Å². The van der Waals surface area contributed by atoms with E-state index in [1.165, 1.54) is 0 Å². The van der Waals surface area contributed by atoms with Gasteiger partial charge in [0, 0.05) is 0 Å². The van der Waals surface area contributed by atoms with Gasteiger partial charge in [-0.05, 0) is 24.3 Å². The van der Waals surface area contributed by atoms with Gasteiger partial charge in [0.2, 0.25) is 6.33 Å². The third-order valence-electron chi connectivity index (χ3n) is 1.69. The zero-order valence-corrected chi connectivity index (χ0v) is 6.44. The summed E-state index contributed by atoms with van der Waals surface area (Å²) >= 11 is 0. The average Bonchev–Trinajstić information content (AvgIpc) is 2.58. The quantitative estimate of drug-likeness (QED) is 0.602. The Hall–Kier alpha value is -1.77. The van der Waals surface area contributed by atoms with Crippen molar-refractivity contribution < 1.29 is 9.67 Å². The van der Waals surface area contributed by atoms with Crippen molar-refractivity contribution in [2.45, 2.75) is 0 Å². The zero-order chi connectivity index (χ0) is 8.39. The predicted octanol–water partition coefficient (Wildman–Crippen LogP) is 0.997. The van der Waals surface area contributed by atoms with Crippen molar-refractivity contribution in [2.75, 3.05) is 0 Å². The van der Waals surface area contributed by atoms with E-state index in [4.69, 9.17) is 5.11 Å². The first-order chi connectivity index (χ1) is 5.86. The van der Waals surface area contributed by atoms with Gasteiger partial charge in [0.15, 0.2) is 0 Å². The van der Waals surface area contributed by atoms with E-state index < -0.39 is 0 Å². The fraction of sp³-hybridized carbons (Fsp3) is 0. The average molecular weight is 161 g/mol. The minimum absolute atomic E-state index is 0.287. The number of H-pyrrole nitrogens is 1. The number of phenolic OH excluding ortho intramolecular Hbond substituents is 1. The summed E-state index contributed by atoms with van der Waals surface area (Å²) in [5.74, 6) is 0.287. The molecule has 12 heavy (non-hydrogen) atoms. The van der Waals surface area contributed by atoms with Crippen LogP contribution in [0.15, 0.2) is 43.0 Å². The molecule has 0 bridgehead atoms. The van der Waals surface area contributed by atoms with Crippen LogP contribution in [0, 0.1) is 0 Å². The van der Waals surface area contributed by atoms with Gasteiger partial charge in [-0.2, -0.15) is 0 Å². The third kappa shape index (κ3) is 1.16. The lowest BCUT2D eigenvalue weighted by Gasteiger charge is -1.94. The number of aromatic hydroxyl groups is 1. The molecule has 0 spiro atoms. The lowest BCUT2D eigenvalue weighted by Crippen LogP contribution is -2.26. The minimum atomic E-state index is 0.287. The van der Waals surface area contributed by atoms with Gasteiger partial charge in [0.05, 0.1) is 0 Å². The molecule has 0 radical (unpaired) electrons. The van der Waals surface area contributed by atoms with Crippen LogP contribution in [-0.4, -0.2) is 10.1 Å². The summed E-state index contributed by atoms with van der Waals surface area (Å²) in [6.07, 6.45) is 5.59. The molecule has 3 nitrogen and oxygen atoms in total. The molecule has 2 aromatic rings. The summed E-state index contributed by atoms with van der Waals surface area (Å²) in [5.41, 5.74) is 1.02. The van der Waals surface area contributed by atoms with E-state index in [9.17, 15) is 0 Å². The number of benzene rings is 1. The van der Waals surface area contributed by atoms with Gasteiger partial charge in [0.25, 0.3) is 0 Å². The summed E-state index contributed by atoms with van der Waals surface area (Å²) in [6, 6.07) is 7.02. The molecule has 60 valence electrons. The first kappa shape index (κ1) is 6.91. The fourth-order valence-electron chi connectivity index (χ4n) is 1.08. The monoisotopic (exact) mass is 161 g/mol. The van der Waals surface area contributed by atoms with Gasteiger partial charge in [-0.15, -0.1) is 0 Å². The number of aromatic nitrogens is 2. The maximum atomic E-state index is 9.04. The number of imidazole rings is 1. The number of nitrogens with one attached hydrogen (secondary N) is 1. The Balaban J connectivity index is 2.43. The smallest absolute Gasteiger partial charge is 0.246 e. The predicted molar refractivity (Wildman–Crippen MR) is 44.0 cm³/mol. The highest BCUT2D eigenvalue weighted by molar-refractivity contribution is 5.30. The molecule has 0 saturated heterocycles.